The van der Waals surface area contributed by atoms with Gasteiger partial charge in [0, 0.05) is 17.8 Å². The van der Waals surface area contributed by atoms with E-state index in [0.29, 0.717) is 0 Å². The lowest BCUT2D eigenvalue weighted by Gasteiger charge is -2.01. The number of nitrogens with zero attached hydrogens (tertiary/aromatic N) is 1. The van der Waals surface area contributed by atoms with Crippen LogP contribution in [0.25, 0.3) is 21.5 Å². The Morgan fingerprint density at radius 2 is 1.93 bits per heavy atom. The second-order valence-corrected chi connectivity index (χ2v) is 3.30. The van der Waals surface area contributed by atoms with E-state index in [0.717, 1.165) is 5.39 Å². The van der Waals surface area contributed by atoms with Crippen LogP contribution in [0.5, 0.6) is 0 Å². The molecule has 0 aliphatic carbocycles. The number of fused-ring (bicyclic) bond motifs is 3. The predicted molar refractivity (Wildman–Crippen MR) is 58.1 cm³/mol. The molecule has 0 fully saturated rings. The minimum absolute atomic E-state index is 1.12. The first-order chi connectivity index (χ1) is 6.95. The van der Waals surface area contributed by atoms with Crippen molar-refractivity contribution in [1.29, 1.82) is 0 Å². The van der Waals surface area contributed by atoms with Crippen LogP contribution in [0.3, 0.4) is 0 Å². The van der Waals surface area contributed by atoms with Crippen molar-refractivity contribution < 1.29 is 0 Å². The Bertz CT molecular complexity index is 544. The van der Waals surface area contributed by atoms with Gasteiger partial charge in [-0.15, -0.1) is 0 Å². The Morgan fingerprint density at radius 1 is 1.00 bits per heavy atom. The molecular formula is C13H8N. The summed E-state index contributed by atoms with van der Waals surface area (Å²) >= 11 is 0. The molecule has 1 aromatic heterocycles. The molecule has 0 unspecified atom stereocenters. The maximum atomic E-state index is 4.14. The number of aromatic nitrogens is 1. The third kappa shape index (κ3) is 0.990. The number of benzene rings is 2. The summed E-state index contributed by atoms with van der Waals surface area (Å²) in [6.45, 7) is 0. The summed E-state index contributed by atoms with van der Waals surface area (Å²) in [7, 11) is 0. The number of hydrogen-bond donors (Lipinski definition) is 0. The number of rotatable bonds is 0. The zero-order valence-electron chi connectivity index (χ0n) is 7.57. The quantitative estimate of drug-likeness (QED) is 0.482. The van der Waals surface area contributed by atoms with Crippen LogP contribution in [0, 0.1) is 6.07 Å². The van der Waals surface area contributed by atoms with Crippen LogP contribution in [0.15, 0.2) is 48.8 Å². The normalized spacial score (nSPS) is 10.9. The van der Waals surface area contributed by atoms with Gasteiger partial charge >= 0.3 is 0 Å². The van der Waals surface area contributed by atoms with Gasteiger partial charge in [-0.3, -0.25) is 4.98 Å². The van der Waals surface area contributed by atoms with Gasteiger partial charge in [-0.05, 0) is 34.4 Å². The molecule has 1 heteroatoms. The summed E-state index contributed by atoms with van der Waals surface area (Å²) in [6.07, 6.45) is 3.70. The average molecular weight is 178 g/mol. The van der Waals surface area contributed by atoms with Gasteiger partial charge in [0.1, 0.15) is 0 Å². The third-order valence-electron chi connectivity index (χ3n) is 2.46. The maximum Gasteiger partial charge on any atom is 0.0352 e. The van der Waals surface area contributed by atoms with Gasteiger partial charge in [0.15, 0.2) is 0 Å². The first-order valence-corrected chi connectivity index (χ1v) is 4.58. The smallest absolute Gasteiger partial charge is 0.0352 e. The average Bonchev–Trinajstić information content (AvgIpc) is 2.29. The minimum Gasteiger partial charge on any atom is -0.264 e. The van der Waals surface area contributed by atoms with E-state index in [1.807, 2.05) is 24.4 Å². The standard InChI is InChI=1S/C13H8N/c1-2-4-12-10(3-1)5-6-11-7-8-14-9-13(11)12/h1-5,7-9H. The Hall–Kier alpha value is -1.89. The zero-order chi connectivity index (χ0) is 9.38. The summed E-state index contributed by atoms with van der Waals surface area (Å²) in [5.41, 5.74) is 0. The van der Waals surface area contributed by atoms with Gasteiger partial charge in [0.05, 0.1) is 0 Å². The fourth-order valence-electron chi connectivity index (χ4n) is 1.76. The lowest BCUT2D eigenvalue weighted by atomic mass is 10.0. The highest BCUT2D eigenvalue weighted by Gasteiger charge is 1.98. The van der Waals surface area contributed by atoms with Crippen LogP contribution >= 0.6 is 0 Å². The highest BCUT2D eigenvalue weighted by atomic mass is 14.6. The molecule has 2 aromatic carbocycles. The van der Waals surface area contributed by atoms with Crippen LogP contribution in [0.2, 0.25) is 0 Å². The fraction of sp³-hybridized carbons (Fsp3) is 0. The SMILES string of the molecule is [c]1cc2ccccc2c2cnccc12. The Morgan fingerprint density at radius 3 is 2.93 bits per heavy atom. The monoisotopic (exact) mass is 178 g/mol. The summed E-state index contributed by atoms with van der Waals surface area (Å²) in [5.74, 6) is 0. The Labute approximate surface area is 82.0 Å². The van der Waals surface area contributed by atoms with Crippen molar-refractivity contribution >= 4 is 21.5 Å². The molecular weight excluding hydrogens is 170 g/mol. The maximum absolute atomic E-state index is 4.14. The molecule has 14 heavy (non-hydrogen) atoms. The molecule has 3 aromatic rings. The fourth-order valence-corrected chi connectivity index (χ4v) is 1.76. The van der Waals surface area contributed by atoms with Crippen molar-refractivity contribution in [2.24, 2.45) is 0 Å². The van der Waals surface area contributed by atoms with Crippen molar-refractivity contribution in [1.82, 2.24) is 4.98 Å². The lowest BCUT2D eigenvalue weighted by molar-refractivity contribution is 1.37. The van der Waals surface area contributed by atoms with Crippen molar-refractivity contribution in [2.75, 3.05) is 0 Å². The van der Waals surface area contributed by atoms with Crippen molar-refractivity contribution in [2.45, 2.75) is 0 Å². The molecule has 0 N–H and O–H groups in total. The van der Waals surface area contributed by atoms with Gasteiger partial charge in [0.25, 0.3) is 0 Å². The molecule has 0 bridgehead atoms. The molecule has 0 aliphatic heterocycles. The summed E-state index contributed by atoms with van der Waals surface area (Å²) in [6, 6.07) is 15.6. The highest BCUT2D eigenvalue weighted by Crippen LogP contribution is 2.23. The van der Waals surface area contributed by atoms with E-state index in [1.165, 1.54) is 16.2 Å². The second kappa shape index (κ2) is 2.81. The van der Waals surface area contributed by atoms with E-state index in [1.54, 1.807) is 6.20 Å². The molecule has 0 atom stereocenters. The number of hydrogen-bond acceptors (Lipinski definition) is 1. The van der Waals surface area contributed by atoms with E-state index in [4.69, 9.17) is 0 Å². The van der Waals surface area contributed by atoms with E-state index in [-0.39, 0.29) is 0 Å². The number of pyridine rings is 1. The van der Waals surface area contributed by atoms with Crippen LogP contribution in [-0.4, -0.2) is 4.98 Å². The molecule has 0 spiro atoms. The molecule has 1 heterocycles. The molecule has 3 rings (SSSR count). The Kier molecular flexibility index (Phi) is 1.51. The first kappa shape index (κ1) is 7.51. The second-order valence-electron chi connectivity index (χ2n) is 3.30. The zero-order valence-corrected chi connectivity index (χ0v) is 7.57. The van der Waals surface area contributed by atoms with Gasteiger partial charge in [-0.1, -0.05) is 24.3 Å². The molecule has 65 valence electrons. The van der Waals surface area contributed by atoms with Crippen LogP contribution in [0.1, 0.15) is 0 Å². The molecule has 0 saturated heterocycles. The molecule has 0 aliphatic rings. The third-order valence-corrected chi connectivity index (χ3v) is 2.46. The molecule has 0 saturated carbocycles. The lowest BCUT2D eigenvalue weighted by Crippen LogP contribution is -1.78. The minimum atomic E-state index is 1.12. The largest absolute Gasteiger partial charge is 0.264 e. The van der Waals surface area contributed by atoms with Gasteiger partial charge in [-0.2, -0.15) is 0 Å². The molecule has 1 radical (unpaired) electrons. The van der Waals surface area contributed by atoms with E-state index in [2.05, 4.69) is 29.2 Å². The van der Waals surface area contributed by atoms with Crippen molar-refractivity contribution in [3.05, 3.63) is 54.9 Å². The van der Waals surface area contributed by atoms with Crippen LogP contribution < -0.4 is 0 Å². The predicted octanol–water partition coefficient (Wildman–Crippen LogP) is 3.19. The van der Waals surface area contributed by atoms with Gasteiger partial charge < -0.3 is 0 Å². The molecule has 1 nitrogen and oxygen atoms in total. The van der Waals surface area contributed by atoms with E-state index < -0.39 is 0 Å². The van der Waals surface area contributed by atoms with E-state index >= 15 is 0 Å². The topological polar surface area (TPSA) is 12.9 Å². The van der Waals surface area contributed by atoms with Crippen LogP contribution in [-0.2, 0) is 0 Å². The van der Waals surface area contributed by atoms with Crippen molar-refractivity contribution in [3.8, 4) is 0 Å². The summed E-state index contributed by atoms with van der Waals surface area (Å²) < 4.78 is 0. The highest BCUT2D eigenvalue weighted by molar-refractivity contribution is 6.06. The molecule has 0 amide bonds. The van der Waals surface area contributed by atoms with Crippen LogP contribution in [0.4, 0.5) is 0 Å². The summed E-state index contributed by atoms with van der Waals surface area (Å²) in [4.78, 5) is 4.14. The first-order valence-electron chi connectivity index (χ1n) is 4.58. The Balaban J connectivity index is 2.61. The summed E-state index contributed by atoms with van der Waals surface area (Å²) in [5, 5.41) is 4.76. The van der Waals surface area contributed by atoms with E-state index in [9.17, 15) is 0 Å². The van der Waals surface area contributed by atoms with Gasteiger partial charge in [0.2, 0.25) is 0 Å². The van der Waals surface area contributed by atoms with Gasteiger partial charge in [-0.25, -0.2) is 0 Å². The van der Waals surface area contributed by atoms with Crippen molar-refractivity contribution in [3.63, 3.8) is 0 Å².